The zero-order chi connectivity index (χ0) is 13.2. The Labute approximate surface area is 114 Å². The van der Waals surface area contributed by atoms with Gasteiger partial charge < -0.3 is 5.73 Å². The van der Waals surface area contributed by atoms with Crippen LogP contribution < -0.4 is 5.73 Å². The minimum atomic E-state index is -3.29. The van der Waals surface area contributed by atoms with Gasteiger partial charge in [-0.1, -0.05) is 25.1 Å². The van der Waals surface area contributed by atoms with E-state index in [1.54, 1.807) is 0 Å². The van der Waals surface area contributed by atoms with Crippen molar-refractivity contribution in [3.05, 3.63) is 0 Å². The standard InChI is InChI=1S/C11H21N3O2S2/c12-11(17)9-18(15,16)14-7-5-13(6-8-14)10-3-1-2-4-10/h10H,1-9H2,(H2,12,17). The Bertz CT molecular complexity index is 397. The molecule has 0 bridgehead atoms. The van der Waals surface area contributed by atoms with Gasteiger partial charge in [0, 0.05) is 32.2 Å². The minimum Gasteiger partial charge on any atom is -0.392 e. The van der Waals surface area contributed by atoms with Crippen LogP contribution >= 0.6 is 12.2 Å². The zero-order valence-corrected chi connectivity index (χ0v) is 12.2. The van der Waals surface area contributed by atoms with Crippen LogP contribution in [0.1, 0.15) is 25.7 Å². The summed E-state index contributed by atoms with van der Waals surface area (Å²) in [6, 6.07) is 0.672. The molecule has 1 heterocycles. The summed E-state index contributed by atoms with van der Waals surface area (Å²) in [6.45, 7) is 2.81. The van der Waals surface area contributed by atoms with Gasteiger partial charge in [0.15, 0.2) is 0 Å². The van der Waals surface area contributed by atoms with Crippen LogP contribution in [0, 0.1) is 0 Å². The van der Waals surface area contributed by atoms with Crippen LogP contribution in [0.3, 0.4) is 0 Å². The lowest BCUT2D eigenvalue weighted by Crippen LogP contribution is -2.52. The van der Waals surface area contributed by atoms with E-state index in [0.717, 1.165) is 13.1 Å². The predicted molar refractivity (Wildman–Crippen MR) is 76.0 cm³/mol. The van der Waals surface area contributed by atoms with Crippen molar-refractivity contribution in [3.63, 3.8) is 0 Å². The van der Waals surface area contributed by atoms with Crippen LogP contribution in [0.25, 0.3) is 0 Å². The first kappa shape index (κ1) is 14.2. The van der Waals surface area contributed by atoms with Gasteiger partial charge in [-0.05, 0) is 12.8 Å². The molecule has 1 saturated carbocycles. The Morgan fingerprint density at radius 1 is 1.17 bits per heavy atom. The number of hydrogen-bond acceptors (Lipinski definition) is 4. The van der Waals surface area contributed by atoms with Gasteiger partial charge in [0.2, 0.25) is 10.0 Å². The summed E-state index contributed by atoms with van der Waals surface area (Å²) >= 11 is 4.69. The highest BCUT2D eigenvalue weighted by atomic mass is 32.2. The van der Waals surface area contributed by atoms with E-state index in [9.17, 15) is 8.42 Å². The first-order chi connectivity index (χ1) is 8.49. The van der Waals surface area contributed by atoms with E-state index in [-0.39, 0.29) is 10.7 Å². The predicted octanol–water partition coefficient (Wildman–Crippen LogP) is 0.163. The minimum absolute atomic E-state index is 0.0493. The fourth-order valence-corrected chi connectivity index (χ4v) is 4.60. The monoisotopic (exact) mass is 291 g/mol. The molecule has 2 rings (SSSR count). The molecular weight excluding hydrogens is 270 g/mol. The Morgan fingerprint density at radius 3 is 2.22 bits per heavy atom. The van der Waals surface area contributed by atoms with Crippen molar-refractivity contribution in [2.75, 3.05) is 31.9 Å². The SMILES string of the molecule is NC(=S)CS(=O)(=O)N1CCN(C2CCCC2)CC1. The van der Waals surface area contributed by atoms with Gasteiger partial charge >= 0.3 is 0 Å². The second-order valence-electron chi connectivity index (χ2n) is 5.10. The third-order valence-corrected chi connectivity index (χ3v) is 5.99. The van der Waals surface area contributed by atoms with Crippen LogP contribution in [0.15, 0.2) is 0 Å². The number of nitrogens with two attached hydrogens (primary N) is 1. The van der Waals surface area contributed by atoms with Crippen LogP contribution in [0.4, 0.5) is 0 Å². The van der Waals surface area contributed by atoms with E-state index < -0.39 is 10.0 Å². The summed E-state index contributed by atoms with van der Waals surface area (Å²) in [6.07, 6.45) is 5.15. The van der Waals surface area contributed by atoms with E-state index >= 15 is 0 Å². The highest BCUT2D eigenvalue weighted by Crippen LogP contribution is 2.24. The quantitative estimate of drug-likeness (QED) is 0.748. The Morgan fingerprint density at radius 2 is 1.72 bits per heavy atom. The number of hydrogen-bond donors (Lipinski definition) is 1. The maximum atomic E-state index is 12.0. The van der Waals surface area contributed by atoms with E-state index in [0.29, 0.717) is 19.1 Å². The van der Waals surface area contributed by atoms with Crippen molar-refractivity contribution in [2.24, 2.45) is 5.73 Å². The maximum Gasteiger partial charge on any atom is 0.220 e. The van der Waals surface area contributed by atoms with Crippen LogP contribution in [-0.2, 0) is 10.0 Å². The molecule has 1 aliphatic heterocycles. The molecule has 7 heteroatoms. The largest absolute Gasteiger partial charge is 0.392 e. The lowest BCUT2D eigenvalue weighted by molar-refractivity contribution is 0.139. The number of sulfonamides is 1. The second kappa shape index (κ2) is 5.81. The van der Waals surface area contributed by atoms with Crippen molar-refractivity contribution in [1.29, 1.82) is 0 Å². The molecule has 1 saturated heterocycles. The topological polar surface area (TPSA) is 66.6 Å². The number of nitrogens with zero attached hydrogens (tertiary/aromatic N) is 2. The van der Waals surface area contributed by atoms with E-state index in [1.165, 1.54) is 30.0 Å². The molecule has 0 spiro atoms. The summed E-state index contributed by atoms with van der Waals surface area (Å²) in [5.74, 6) is -0.203. The summed E-state index contributed by atoms with van der Waals surface area (Å²) in [5.41, 5.74) is 5.33. The summed E-state index contributed by atoms with van der Waals surface area (Å²) in [4.78, 5) is 2.48. The third-order valence-electron chi connectivity index (χ3n) is 3.83. The van der Waals surface area contributed by atoms with Crippen molar-refractivity contribution in [3.8, 4) is 0 Å². The third kappa shape index (κ3) is 3.40. The highest BCUT2D eigenvalue weighted by molar-refractivity contribution is 7.92. The Kier molecular flexibility index (Phi) is 4.58. The molecule has 2 N–H and O–H groups in total. The van der Waals surface area contributed by atoms with Gasteiger partial charge in [0.05, 0.1) is 4.99 Å². The zero-order valence-electron chi connectivity index (χ0n) is 10.5. The van der Waals surface area contributed by atoms with Crippen molar-refractivity contribution in [1.82, 2.24) is 9.21 Å². The molecule has 0 aromatic carbocycles. The van der Waals surface area contributed by atoms with Gasteiger partial charge in [-0.25, -0.2) is 8.42 Å². The smallest absolute Gasteiger partial charge is 0.220 e. The van der Waals surface area contributed by atoms with Crippen molar-refractivity contribution >= 4 is 27.2 Å². The molecule has 0 atom stereocenters. The summed E-state index contributed by atoms with van der Waals surface area (Å²) in [5, 5.41) is 0. The van der Waals surface area contributed by atoms with E-state index in [4.69, 9.17) is 5.73 Å². The number of thiocarbonyl (C=S) groups is 1. The maximum absolute atomic E-state index is 12.0. The first-order valence-corrected chi connectivity index (χ1v) is 8.51. The molecule has 1 aliphatic carbocycles. The lowest BCUT2D eigenvalue weighted by atomic mass is 10.2. The summed E-state index contributed by atoms with van der Waals surface area (Å²) in [7, 11) is -3.29. The van der Waals surface area contributed by atoms with E-state index in [2.05, 4.69) is 17.1 Å². The summed E-state index contributed by atoms with van der Waals surface area (Å²) < 4.78 is 25.5. The van der Waals surface area contributed by atoms with Crippen molar-refractivity contribution in [2.45, 2.75) is 31.7 Å². The Balaban J connectivity index is 1.87. The van der Waals surface area contributed by atoms with Gasteiger partial charge in [0.1, 0.15) is 5.75 Å². The lowest BCUT2D eigenvalue weighted by Gasteiger charge is -2.37. The average Bonchev–Trinajstić information content (AvgIpc) is 2.81. The van der Waals surface area contributed by atoms with Gasteiger partial charge in [-0.3, -0.25) is 4.90 Å². The molecule has 0 amide bonds. The van der Waals surface area contributed by atoms with Crippen LogP contribution in [0.2, 0.25) is 0 Å². The van der Waals surface area contributed by atoms with Crippen molar-refractivity contribution < 1.29 is 8.42 Å². The molecule has 0 aromatic heterocycles. The molecule has 2 aliphatic rings. The van der Waals surface area contributed by atoms with E-state index in [1.807, 2.05) is 0 Å². The Hall–Kier alpha value is -0.240. The van der Waals surface area contributed by atoms with Gasteiger partial charge in [0.25, 0.3) is 0 Å². The van der Waals surface area contributed by atoms with Crippen LogP contribution in [-0.4, -0.2) is 60.6 Å². The fraction of sp³-hybridized carbons (Fsp3) is 0.909. The second-order valence-corrected chi connectivity index (χ2v) is 7.59. The highest BCUT2D eigenvalue weighted by Gasteiger charge is 2.31. The average molecular weight is 291 g/mol. The van der Waals surface area contributed by atoms with Gasteiger partial charge in [-0.2, -0.15) is 4.31 Å². The molecule has 0 radical (unpaired) electrons. The number of piperazine rings is 1. The molecule has 0 aromatic rings. The molecule has 18 heavy (non-hydrogen) atoms. The fourth-order valence-electron chi connectivity index (χ4n) is 2.89. The molecular formula is C11H21N3O2S2. The molecule has 0 unspecified atom stereocenters. The molecule has 2 fully saturated rings. The normalized spacial score (nSPS) is 24.4. The molecule has 104 valence electrons. The first-order valence-electron chi connectivity index (χ1n) is 6.49. The molecule has 5 nitrogen and oxygen atoms in total. The van der Waals surface area contributed by atoms with Crippen LogP contribution in [0.5, 0.6) is 0 Å². The van der Waals surface area contributed by atoms with Gasteiger partial charge in [-0.15, -0.1) is 0 Å². The number of rotatable bonds is 4.